The minimum absolute atomic E-state index is 0.238. The maximum Gasteiger partial charge on any atom is 0.163 e. The van der Waals surface area contributed by atoms with E-state index in [1.165, 1.54) is 11.1 Å². The fourth-order valence-electron chi connectivity index (χ4n) is 3.65. The molecule has 1 aromatic heterocycles. The first-order valence-corrected chi connectivity index (χ1v) is 9.75. The molecule has 0 aliphatic heterocycles. The average molecular weight is 367 g/mol. The summed E-state index contributed by atoms with van der Waals surface area (Å²) in [7, 11) is 0. The quantitative estimate of drug-likeness (QED) is 0.450. The molecule has 0 saturated carbocycles. The van der Waals surface area contributed by atoms with Crippen LogP contribution >= 0.6 is 0 Å². The van der Waals surface area contributed by atoms with Gasteiger partial charge >= 0.3 is 0 Å². The van der Waals surface area contributed by atoms with Crippen molar-refractivity contribution in [1.82, 2.24) is 14.8 Å². The van der Waals surface area contributed by atoms with Crippen LogP contribution in [0.25, 0.3) is 11.4 Å². The van der Waals surface area contributed by atoms with Crippen LogP contribution in [-0.4, -0.2) is 14.8 Å². The lowest BCUT2D eigenvalue weighted by atomic mass is 9.83. The van der Waals surface area contributed by atoms with Gasteiger partial charge in [-0.25, -0.2) is 0 Å². The number of aromatic nitrogens is 3. The first kappa shape index (κ1) is 18.2. The van der Waals surface area contributed by atoms with Gasteiger partial charge in [0.2, 0.25) is 0 Å². The normalized spacial score (nSPS) is 11.5. The molecule has 0 fully saturated rings. The molecule has 0 unspecified atom stereocenters. The third-order valence-electron chi connectivity index (χ3n) is 5.30. The molecule has 1 heterocycles. The molecule has 0 aliphatic carbocycles. The summed E-state index contributed by atoms with van der Waals surface area (Å²) < 4.78 is 2.29. The SMILES string of the molecule is CC(C)(c1ccccc1)c1nnc(-c2ccccc2)n1CCc1ccccc1. The van der Waals surface area contributed by atoms with Crippen molar-refractivity contribution in [3.05, 3.63) is 108 Å². The summed E-state index contributed by atoms with van der Waals surface area (Å²) in [5.41, 5.74) is 3.41. The van der Waals surface area contributed by atoms with E-state index in [0.717, 1.165) is 30.2 Å². The third-order valence-corrected chi connectivity index (χ3v) is 5.30. The fraction of sp³-hybridized carbons (Fsp3) is 0.200. The first-order valence-electron chi connectivity index (χ1n) is 9.75. The summed E-state index contributed by atoms with van der Waals surface area (Å²) in [5, 5.41) is 9.27. The van der Waals surface area contributed by atoms with Crippen LogP contribution in [0.5, 0.6) is 0 Å². The van der Waals surface area contributed by atoms with Crippen molar-refractivity contribution in [2.45, 2.75) is 32.2 Å². The van der Waals surface area contributed by atoms with E-state index in [1.54, 1.807) is 0 Å². The van der Waals surface area contributed by atoms with E-state index in [0.29, 0.717) is 0 Å². The van der Waals surface area contributed by atoms with Crippen LogP contribution in [0.2, 0.25) is 0 Å². The molecule has 3 heteroatoms. The molecule has 0 spiro atoms. The molecule has 3 nitrogen and oxygen atoms in total. The molecular formula is C25H25N3. The molecule has 0 atom stereocenters. The molecule has 0 radical (unpaired) electrons. The second-order valence-electron chi connectivity index (χ2n) is 7.59. The van der Waals surface area contributed by atoms with E-state index < -0.39 is 0 Å². The van der Waals surface area contributed by atoms with E-state index in [1.807, 2.05) is 18.2 Å². The molecule has 28 heavy (non-hydrogen) atoms. The van der Waals surface area contributed by atoms with Gasteiger partial charge in [-0.2, -0.15) is 0 Å². The average Bonchev–Trinajstić information content (AvgIpc) is 3.19. The summed E-state index contributed by atoms with van der Waals surface area (Å²) in [6.07, 6.45) is 0.941. The number of rotatable bonds is 6. The van der Waals surface area contributed by atoms with Crippen molar-refractivity contribution < 1.29 is 0 Å². The predicted octanol–water partition coefficient (Wildman–Crippen LogP) is 5.51. The second kappa shape index (κ2) is 7.81. The summed E-state index contributed by atoms with van der Waals surface area (Å²) in [4.78, 5) is 0. The van der Waals surface area contributed by atoms with Crippen LogP contribution in [0.15, 0.2) is 91.0 Å². The number of hydrogen-bond acceptors (Lipinski definition) is 2. The zero-order valence-corrected chi connectivity index (χ0v) is 16.4. The van der Waals surface area contributed by atoms with Gasteiger partial charge in [0.05, 0.1) is 0 Å². The number of nitrogens with zero attached hydrogens (tertiary/aromatic N) is 3. The van der Waals surface area contributed by atoms with Crippen molar-refractivity contribution in [2.75, 3.05) is 0 Å². The Kier molecular flexibility index (Phi) is 5.07. The molecule has 0 saturated heterocycles. The number of benzene rings is 3. The van der Waals surface area contributed by atoms with E-state index in [4.69, 9.17) is 0 Å². The van der Waals surface area contributed by atoms with Crippen molar-refractivity contribution >= 4 is 0 Å². The molecule has 0 amide bonds. The predicted molar refractivity (Wildman–Crippen MR) is 114 cm³/mol. The molecule has 140 valence electrons. The van der Waals surface area contributed by atoms with E-state index in [-0.39, 0.29) is 5.41 Å². The zero-order valence-electron chi connectivity index (χ0n) is 16.4. The van der Waals surface area contributed by atoms with Crippen LogP contribution in [0, 0.1) is 0 Å². The van der Waals surface area contributed by atoms with Gasteiger partial charge in [0.15, 0.2) is 5.82 Å². The van der Waals surface area contributed by atoms with Gasteiger partial charge in [-0.15, -0.1) is 10.2 Å². The zero-order chi connectivity index (χ0) is 19.4. The van der Waals surface area contributed by atoms with Crippen molar-refractivity contribution in [3.63, 3.8) is 0 Å². The maximum atomic E-state index is 4.67. The fourth-order valence-corrected chi connectivity index (χ4v) is 3.65. The Hall–Kier alpha value is -3.20. The Labute approximate surface area is 166 Å². The maximum absolute atomic E-state index is 4.67. The molecule has 0 bridgehead atoms. The van der Waals surface area contributed by atoms with Crippen molar-refractivity contribution in [2.24, 2.45) is 0 Å². The van der Waals surface area contributed by atoms with E-state index >= 15 is 0 Å². The largest absolute Gasteiger partial charge is 0.310 e. The van der Waals surface area contributed by atoms with Gasteiger partial charge in [0.25, 0.3) is 0 Å². The Balaban J connectivity index is 1.77. The van der Waals surface area contributed by atoms with Gasteiger partial charge in [0.1, 0.15) is 5.82 Å². The van der Waals surface area contributed by atoms with Crippen LogP contribution in [0.1, 0.15) is 30.8 Å². The number of hydrogen-bond donors (Lipinski definition) is 0. The minimum atomic E-state index is -0.238. The van der Waals surface area contributed by atoms with E-state index in [9.17, 15) is 0 Å². The molecule has 4 rings (SSSR count). The van der Waals surface area contributed by atoms with Gasteiger partial charge < -0.3 is 4.57 Å². The van der Waals surface area contributed by atoms with Crippen LogP contribution in [0.4, 0.5) is 0 Å². The highest BCUT2D eigenvalue weighted by atomic mass is 15.3. The van der Waals surface area contributed by atoms with Gasteiger partial charge in [0, 0.05) is 17.5 Å². The Morgan fingerprint density at radius 1 is 0.714 bits per heavy atom. The summed E-state index contributed by atoms with van der Waals surface area (Å²) in [6, 6.07) is 31.5. The second-order valence-corrected chi connectivity index (χ2v) is 7.59. The topological polar surface area (TPSA) is 30.7 Å². The summed E-state index contributed by atoms with van der Waals surface area (Å²) in [6.45, 7) is 5.28. The minimum Gasteiger partial charge on any atom is -0.310 e. The Morgan fingerprint density at radius 3 is 1.93 bits per heavy atom. The standard InChI is InChI=1S/C25H25N3/c1-25(2,22-16-10-5-11-17-22)24-27-26-23(21-14-8-4-9-15-21)28(24)19-18-20-12-6-3-7-13-20/h3-17H,18-19H2,1-2H3. The van der Waals surface area contributed by atoms with Gasteiger partial charge in [-0.1, -0.05) is 91.0 Å². The molecule has 3 aromatic carbocycles. The molecule has 0 N–H and O–H groups in total. The highest BCUT2D eigenvalue weighted by Crippen LogP contribution is 2.32. The summed E-state index contributed by atoms with van der Waals surface area (Å²) >= 11 is 0. The van der Waals surface area contributed by atoms with Crippen LogP contribution in [-0.2, 0) is 18.4 Å². The van der Waals surface area contributed by atoms with Gasteiger partial charge in [-0.05, 0) is 31.4 Å². The Bertz CT molecular complexity index is 1020. The lowest BCUT2D eigenvalue weighted by Gasteiger charge is -2.25. The lowest BCUT2D eigenvalue weighted by Crippen LogP contribution is -2.25. The van der Waals surface area contributed by atoms with Crippen LogP contribution in [0.3, 0.4) is 0 Å². The lowest BCUT2D eigenvalue weighted by molar-refractivity contribution is 0.531. The molecule has 0 aliphatic rings. The monoisotopic (exact) mass is 367 g/mol. The molecule has 4 aromatic rings. The highest BCUT2D eigenvalue weighted by molar-refractivity contribution is 5.55. The van der Waals surface area contributed by atoms with E-state index in [2.05, 4.69) is 101 Å². The summed E-state index contributed by atoms with van der Waals surface area (Å²) in [5.74, 6) is 1.92. The molecular weight excluding hydrogens is 342 g/mol. The Morgan fingerprint density at radius 2 is 1.29 bits per heavy atom. The van der Waals surface area contributed by atoms with Crippen molar-refractivity contribution in [1.29, 1.82) is 0 Å². The van der Waals surface area contributed by atoms with Crippen molar-refractivity contribution in [3.8, 4) is 11.4 Å². The van der Waals surface area contributed by atoms with Gasteiger partial charge in [-0.3, -0.25) is 0 Å². The highest BCUT2D eigenvalue weighted by Gasteiger charge is 2.30. The van der Waals surface area contributed by atoms with Crippen LogP contribution < -0.4 is 0 Å². The smallest absolute Gasteiger partial charge is 0.163 e. The third kappa shape index (κ3) is 3.61. The first-order chi connectivity index (χ1) is 13.7. The number of aryl methyl sites for hydroxylation is 1.